The molecule has 0 aliphatic carbocycles. The maximum absolute atomic E-state index is 5.90. The summed E-state index contributed by atoms with van der Waals surface area (Å²) in [5.41, 5.74) is 1.94. The molecular formula is C14H18N3OSi+. The largest absolute Gasteiger partial charge is 1.00 e. The lowest BCUT2D eigenvalue weighted by Gasteiger charge is -2.13. The average Bonchev–Trinajstić information content (AvgIpc) is 2.38. The minimum absolute atomic E-state index is 0. The quantitative estimate of drug-likeness (QED) is 0.635. The summed E-state index contributed by atoms with van der Waals surface area (Å²) in [6, 6.07) is 7.75. The first-order valence-electron chi connectivity index (χ1n) is 6.24. The van der Waals surface area contributed by atoms with Gasteiger partial charge in [0.2, 0.25) is 9.04 Å². The van der Waals surface area contributed by atoms with Crippen molar-refractivity contribution in [3.8, 4) is 5.75 Å². The fourth-order valence-electron chi connectivity index (χ4n) is 1.65. The van der Waals surface area contributed by atoms with Crippen LogP contribution in [0.25, 0.3) is 0 Å². The van der Waals surface area contributed by atoms with Crippen molar-refractivity contribution >= 4 is 20.9 Å². The van der Waals surface area contributed by atoms with Crippen molar-refractivity contribution in [2.45, 2.75) is 20.0 Å². The highest BCUT2D eigenvalue weighted by Crippen LogP contribution is 2.31. The molecule has 0 N–H and O–H groups in total. The normalized spacial score (nSPS) is 11.2. The number of aryl methyl sites for hydroxylation is 1. The van der Waals surface area contributed by atoms with Gasteiger partial charge in [0.25, 0.3) is 0 Å². The zero-order valence-corrected chi connectivity index (χ0v) is 12.5. The molecule has 0 unspecified atom stereocenters. The molecule has 0 bridgehead atoms. The van der Waals surface area contributed by atoms with Crippen molar-refractivity contribution in [2.75, 3.05) is 0 Å². The van der Waals surface area contributed by atoms with Gasteiger partial charge in [-0.15, -0.1) is 0 Å². The molecule has 0 aliphatic heterocycles. The molecule has 0 atom stereocenters. The maximum atomic E-state index is 5.90. The highest BCUT2D eigenvalue weighted by molar-refractivity contribution is 6.49. The number of benzene rings is 1. The Hall–Kier alpha value is -2.01. The number of rotatable bonds is 4. The summed E-state index contributed by atoms with van der Waals surface area (Å²) < 4.78 is 5.90. The lowest BCUT2D eigenvalue weighted by Crippen LogP contribution is -2.11. The van der Waals surface area contributed by atoms with E-state index in [9.17, 15) is 0 Å². The summed E-state index contributed by atoms with van der Waals surface area (Å²) in [7, 11) is -1.15. The van der Waals surface area contributed by atoms with Gasteiger partial charge in [0.15, 0.2) is 5.82 Å². The van der Waals surface area contributed by atoms with E-state index in [1.807, 2.05) is 25.1 Å². The van der Waals surface area contributed by atoms with E-state index >= 15 is 0 Å². The van der Waals surface area contributed by atoms with Crippen molar-refractivity contribution in [1.82, 2.24) is 9.97 Å². The number of aromatic nitrogens is 2. The zero-order chi connectivity index (χ0) is 13.7. The van der Waals surface area contributed by atoms with Crippen LogP contribution in [0, 0.1) is 6.92 Å². The Kier molecular flexibility index (Phi) is 4.41. The molecule has 0 spiro atoms. The number of hydrogen-bond donors (Lipinski definition) is 0. The average molecular weight is 272 g/mol. The van der Waals surface area contributed by atoms with Crippen LogP contribution in [0.1, 0.15) is 12.8 Å². The lowest BCUT2D eigenvalue weighted by atomic mass is 10.2. The number of aliphatic imine (C=N–C) groups is 1. The Labute approximate surface area is 116 Å². The van der Waals surface area contributed by atoms with Gasteiger partial charge in [-0.2, -0.15) is 0 Å². The van der Waals surface area contributed by atoms with Crippen molar-refractivity contribution in [3.05, 3.63) is 48.0 Å². The van der Waals surface area contributed by atoms with Crippen LogP contribution >= 0.6 is 0 Å². The predicted octanol–water partition coefficient (Wildman–Crippen LogP) is 3.01. The second kappa shape index (κ2) is 6.24. The summed E-state index contributed by atoms with van der Waals surface area (Å²) in [6.45, 7) is 6.29. The molecule has 98 valence electrons. The zero-order valence-electron chi connectivity index (χ0n) is 12.4. The van der Waals surface area contributed by atoms with Crippen molar-refractivity contribution in [1.29, 1.82) is 0 Å². The number of hydrogen-bond acceptors (Lipinski definition) is 4. The molecule has 1 aromatic carbocycles. The van der Waals surface area contributed by atoms with Crippen molar-refractivity contribution < 1.29 is 5.85 Å². The smallest absolute Gasteiger partial charge is 0.546 e. The molecule has 0 radical (unpaired) electrons. The third-order valence-electron chi connectivity index (χ3n) is 2.46. The van der Waals surface area contributed by atoms with E-state index in [2.05, 4.69) is 28.1 Å². The Balaban J connectivity index is 0.00000200. The minimum atomic E-state index is -1.15. The van der Waals surface area contributed by atoms with E-state index in [1.165, 1.54) is 0 Å². The highest BCUT2D eigenvalue weighted by Gasteiger charge is 2.07. The molecule has 0 aliphatic rings. The van der Waals surface area contributed by atoms with Crippen LogP contribution in [-0.2, 0) is 0 Å². The first-order chi connectivity index (χ1) is 9.16. The van der Waals surface area contributed by atoms with E-state index in [4.69, 9.17) is 4.43 Å². The van der Waals surface area contributed by atoms with E-state index in [-0.39, 0.29) is 1.43 Å². The minimum Gasteiger partial charge on any atom is -0.546 e. The molecule has 4 nitrogen and oxygen atoms in total. The summed E-state index contributed by atoms with van der Waals surface area (Å²) in [5, 5.41) is 0. The Morgan fingerprint density at radius 2 is 1.95 bits per heavy atom. The van der Waals surface area contributed by atoms with Crippen LogP contribution in [0.2, 0.25) is 13.1 Å². The molecule has 0 amide bonds. The van der Waals surface area contributed by atoms with Crippen LogP contribution < -0.4 is 4.43 Å². The fraction of sp³-hybridized carbons (Fsp3) is 0.214. The third-order valence-corrected chi connectivity index (χ3v) is 3.18. The Morgan fingerprint density at radius 1 is 1.21 bits per heavy atom. The van der Waals surface area contributed by atoms with Gasteiger partial charge in [-0.1, -0.05) is 12.1 Å². The van der Waals surface area contributed by atoms with E-state index < -0.39 is 9.04 Å². The van der Waals surface area contributed by atoms with Gasteiger partial charge in [0, 0.05) is 12.4 Å². The standard InChI is InChI=1S/C14H17N3OSi/c1-11-6-4-7-12(18-19(2)3)14(11)17-10-13-15-8-5-9-16-13/h4-10,19H,1-3H3/p+1. The maximum Gasteiger partial charge on any atom is 1.00 e. The van der Waals surface area contributed by atoms with Crippen molar-refractivity contribution in [2.24, 2.45) is 4.99 Å². The molecule has 2 rings (SSSR count). The third kappa shape index (κ3) is 3.72. The highest BCUT2D eigenvalue weighted by atomic mass is 28.3. The molecular weight excluding hydrogens is 254 g/mol. The first kappa shape index (κ1) is 13.4. The topological polar surface area (TPSA) is 47.4 Å². The number of nitrogens with zero attached hydrogens (tertiary/aromatic N) is 3. The molecule has 0 saturated carbocycles. The van der Waals surface area contributed by atoms with Crippen molar-refractivity contribution in [3.63, 3.8) is 0 Å². The summed E-state index contributed by atoms with van der Waals surface area (Å²) in [5.74, 6) is 1.44. The van der Waals surface area contributed by atoms with Gasteiger partial charge in [-0.3, -0.25) is 0 Å². The SMILES string of the molecule is Cc1cccc(O[SiH](C)C)c1N=Cc1ncccn1.[H+]. The van der Waals surface area contributed by atoms with Gasteiger partial charge >= 0.3 is 1.43 Å². The van der Waals surface area contributed by atoms with E-state index in [1.54, 1.807) is 24.7 Å². The summed E-state index contributed by atoms with van der Waals surface area (Å²) in [6.07, 6.45) is 5.06. The summed E-state index contributed by atoms with van der Waals surface area (Å²) >= 11 is 0. The van der Waals surface area contributed by atoms with Crippen LogP contribution in [-0.4, -0.2) is 25.2 Å². The second-order valence-corrected chi connectivity index (χ2v) is 6.79. The first-order valence-corrected chi connectivity index (χ1v) is 9.02. The predicted molar refractivity (Wildman–Crippen MR) is 81.1 cm³/mol. The number of para-hydroxylation sites is 1. The van der Waals surface area contributed by atoms with Gasteiger partial charge in [-0.05, 0) is 37.7 Å². The molecule has 5 heteroatoms. The van der Waals surface area contributed by atoms with Crippen LogP contribution in [0.4, 0.5) is 5.69 Å². The van der Waals surface area contributed by atoms with Gasteiger partial charge in [-0.25, -0.2) is 15.0 Å². The van der Waals surface area contributed by atoms with Crippen LogP contribution in [0.15, 0.2) is 41.7 Å². The van der Waals surface area contributed by atoms with E-state index in [0.717, 1.165) is 17.0 Å². The van der Waals surface area contributed by atoms with E-state index in [0.29, 0.717) is 5.82 Å². The summed E-state index contributed by atoms with van der Waals surface area (Å²) in [4.78, 5) is 12.7. The van der Waals surface area contributed by atoms with Gasteiger partial charge < -0.3 is 4.43 Å². The Bertz CT molecular complexity index is 576. The molecule has 0 fully saturated rings. The molecule has 1 aromatic heterocycles. The monoisotopic (exact) mass is 272 g/mol. The molecule has 2 aromatic rings. The van der Waals surface area contributed by atoms with Crippen LogP contribution in [0.5, 0.6) is 5.75 Å². The van der Waals surface area contributed by atoms with Crippen LogP contribution in [0.3, 0.4) is 0 Å². The fourth-order valence-corrected chi connectivity index (χ4v) is 2.34. The molecule has 1 heterocycles. The van der Waals surface area contributed by atoms with Gasteiger partial charge in [0.05, 0.1) is 6.21 Å². The lowest BCUT2D eigenvalue weighted by molar-refractivity contribution is 0.581. The second-order valence-electron chi connectivity index (χ2n) is 4.45. The Morgan fingerprint density at radius 3 is 2.63 bits per heavy atom. The van der Waals surface area contributed by atoms with Gasteiger partial charge in [0.1, 0.15) is 11.4 Å². The molecule has 0 saturated heterocycles. The molecule has 19 heavy (non-hydrogen) atoms.